The summed E-state index contributed by atoms with van der Waals surface area (Å²) in [5.41, 5.74) is 7.02. The Bertz CT molecular complexity index is 494. The van der Waals surface area contributed by atoms with Gasteiger partial charge in [-0.05, 0) is 6.92 Å². The SMILES string of the molecule is COc1cc(-c2nc(C)cc(N)n2)ncn1. The average molecular weight is 217 g/mol. The number of nitrogens with zero attached hydrogens (tertiary/aromatic N) is 4. The van der Waals surface area contributed by atoms with Gasteiger partial charge in [0.15, 0.2) is 5.82 Å². The zero-order valence-electron chi connectivity index (χ0n) is 9.01. The molecule has 0 aliphatic rings. The third-order valence-electron chi connectivity index (χ3n) is 1.95. The van der Waals surface area contributed by atoms with Gasteiger partial charge >= 0.3 is 0 Å². The number of nitrogens with two attached hydrogens (primary N) is 1. The molecule has 0 amide bonds. The number of ether oxygens (including phenoxy) is 1. The van der Waals surface area contributed by atoms with Gasteiger partial charge < -0.3 is 10.5 Å². The number of aromatic nitrogens is 4. The molecule has 82 valence electrons. The van der Waals surface area contributed by atoms with Crippen LogP contribution in [0.15, 0.2) is 18.5 Å². The second kappa shape index (κ2) is 4.09. The fourth-order valence-corrected chi connectivity index (χ4v) is 1.28. The molecule has 16 heavy (non-hydrogen) atoms. The molecule has 0 aromatic carbocycles. The van der Waals surface area contributed by atoms with Gasteiger partial charge in [0.25, 0.3) is 0 Å². The van der Waals surface area contributed by atoms with Crippen molar-refractivity contribution < 1.29 is 4.74 Å². The van der Waals surface area contributed by atoms with E-state index in [0.717, 1.165) is 5.69 Å². The van der Waals surface area contributed by atoms with Gasteiger partial charge in [-0.2, -0.15) is 0 Å². The summed E-state index contributed by atoms with van der Waals surface area (Å²) in [6.07, 6.45) is 1.40. The van der Waals surface area contributed by atoms with Crippen molar-refractivity contribution in [1.29, 1.82) is 0 Å². The highest BCUT2D eigenvalue weighted by atomic mass is 16.5. The molecular formula is C10H11N5O. The first kappa shape index (κ1) is 10.3. The van der Waals surface area contributed by atoms with Crippen LogP contribution in [0.5, 0.6) is 5.88 Å². The predicted octanol–water partition coefficient (Wildman–Crippen LogP) is 0.833. The number of anilines is 1. The zero-order chi connectivity index (χ0) is 11.5. The lowest BCUT2D eigenvalue weighted by Gasteiger charge is -2.03. The second-order valence-corrected chi connectivity index (χ2v) is 3.20. The molecule has 0 saturated carbocycles. The molecule has 0 saturated heterocycles. The van der Waals surface area contributed by atoms with Gasteiger partial charge in [0.1, 0.15) is 17.8 Å². The molecular weight excluding hydrogens is 206 g/mol. The molecule has 2 heterocycles. The fraction of sp³-hybridized carbons (Fsp3) is 0.200. The topological polar surface area (TPSA) is 86.8 Å². The van der Waals surface area contributed by atoms with Gasteiger partial charge in [0, 0.05) is 17.8 Å². The lowest BCUT2D eigenvalue weighted by molar-refractivity contribution is 0.397. The van der Waals surface area contributed by atoms with Gasteiger partial charge in [-0.25, -0.2) is 19.9 Å². The fourth-order valence-electron chi connectivity index (χ4n) is 1.28. The number of nitrogen functional groups attached to an aromatic ring is 1. The van der Waals surface area contributed by atoms with E-state index in [0.29, 0.717) is 23.2 Å². The Morgan fingerprint density at radius 2 is 2.00 bits per heavy atom. The van der Waals surface area contributed by atoms with Crippen molar-refractivity contribution in [2.75, 3.05) is 12.8 Å². The highest BCUT2D eigenvalue weighted by molar-refractivity contribution is 5.52. The predicted molar refractivity (Wildman–Crippen MR) is 58.8 cm³/mol. The van der Waals surface area contributed by atoms with Gasteiger partial charge in [-0.1, -0.05) is 0 Å². The quantitative estimate of drug-likeness (QED) is 0.801. The minimum Gasteiger partial charge on any atom is -0.481 e. The first-order chi connectivity index (χ1) is 7.69. The van der Waals surface area contributed by atoms with Crippen molar-refractivity contribution >= 4 is 5.82 Å². The molecule has 0 aliphatic carbocycles. The van der Waals surface area contributed by atoms with Crippen LogP contribution < -0.4 is 10.5 Å². The number of hydrogen-bond acceptors (Lipinski definition) is 6. The number of methoxy groups -OCH3 is 1. The van der Waals surface area contributed by atoms with E-state index >= 15 is 0 Å². The Balaban J connectivity index is 2.49. The summed E-state index contributed by atoms with van der Waals surface area (Å²) in [4.78, 5) is 16.3. The molecule has 6 nitrogen and oxygen atoms in total. The summed E-state index contributed by atoms with van der Waals surface area (Å²) in [5, 5.41) is 0. The minimum absolute atomic E-state index is 0.417. The summed E-state index contributed by atoms with van der Waals surface area (Å²) in [7, 11) is 1.54. The number of hydrogen-bond donors (Lipinski definition) is 1. The molecule has 2 aromatic heterocycles. The van der Waals surface area contributed by atoms with Crippen LogP contribution in [0, 0.1) is 6.92 Å². The molecule has 2 rings (SSSR count). The third kappa shape index (κ3) is 2.05. The summed E-state index contributed by atoms with van der Waals surface area (Å²) in [5.74, 6) is 1.35. The summed E-state index contributed by atoms with van der Waals surface area (Å²) < 4.78 is 5.00. The Morgan fingerprint density at radius 3 is 2.69 bits per heavy atom. The van der Waals surface area contributed by atoms with Gasteiger partial charge in [-0.3, -0.25) is 0 Å². The molecule has 0 aliphatic heterocycles. The van der Waals surface area contributed by atoms with Crippen LogP contribution in [0.3, 0.4) is 0 Å². The van der Waals surface area contributed by atoms with E-state index in [-0.39, 0.29) is 0 Å². The van der Waals surface area contributed by atoms with E-state index in [1.54, 1.807) is 12.1 Å². The molecule has 0 bridgehead atoms. The first-order valence-corrected chi connectivity index (χ1v) is 4.66. The van der Waals surface area contributed by atoms with Crippen LogP contribution in [0.1, 0.15) is 5.69 Å². The Kier molecular flexibility index (Phi) is 2.63. The number of aryl methyl sites for hydroxylation is 1. The van der Waals surface area contributed by atoms with Crippen LogP contribution in [0.4, 0.5) is 5.82 Å². The van der Waals surface area contributed by atoms with Crippen LogP contribution in [0.2, 0.25) is 0 Å². The molecule has 0 spiro atoms. The molecule has 0 fully saturated rings. The standard InChI is InChI=1S/C10H11N5O/c1-6-3-8(11)15-10(14-6)7-4-9(16-2)13-5-12-7/h3-5H,1-2H3,(H2,11,14,15). The maximum Gasteiger partial charge on any atom is 0.216 e. The summed E-state index contributed by atoms with van der Waals surface area (Å²) in [6.45, 7) is 1.85. The highest BCUT2D eigenvalue weighted by Gasteiger charge is 2.06. The summed E-state index contributed by atoms with van der Waals surface area (Å²) >= 11 is 0. The van der Waals surface area contributed by atoms with Gasteiger partial charge in [-0.15, -0.1) is 0 Å². The van der Waals surface area contributed by atoms with Crippen LogP contribution in [-0.4, -0.2) is 27.0 Å². The monoisotopic (exact) mass is 217 g/mol. The molecule has 6 heteroatoms. The van der Waals surface area contributed by atoms with Crippen LogP contribution in [-0.2, 0) is 0 Å². The zero-order valence-corrected chi connectivity index (χ0v) is 9.01. The smallest absolute Gasteiger partial charge is 0.216 e. The van der Waals surface area contributed by atoms with Crippen molar-refractivity contribution in [2.24, 2.45) is 0 Å². The maximum absolute atomic E-state index is 5.64. The van der Waals surface area contributed by atoms with E-state index in [4.69, 9.17) is 10.5 Å². The highest BCUT2D eigenvalue weighted by Crippen LogP contribution is 2.17. The van der Waals surface area contributed by atoms with Gasteiger partial charge in [0.05, 0.1) is 7.11 Å². The van der Waals surface area contributed by atoms with Crippen molar-refractivity contribution in [3.63, 3.8) is 0 Å². The molecule has 0 unspecified atom stereocenters. The van der Waals surface area contributed by atoms with Crippen molar-refractivity contribution in [3.8, 4) is 17.4 Å². The largest absolute Gasteiger partial charge is 0.481 e. The molecule has 2 aromatic rings. The van der Waals surface area contributed by atoms with Crippen molar-refractivity contribution in [3.05, 3.63) is 24.2 Å². The molecule has 0 atom stereocenters. The Labute approximate surface area is 92.6 Å². The Hall–Kier alpha value is -2.24. The maximum atomic E-state index is 5.64. The third-order valence-corrected chi connectivity index (χ3v) is 1.95. The lowest BCUT2D eigenvalue weighted by Crippen LogP contribution is -1.99. The van der Waals surface area contributed by atoms with E-state index < -0.39 is 0 Å². The minimum atomic E-state index is 0.417. The average Bonchev–Trinajstić information content (AvgIpc) is 2.28. The van der Waals surface area contributed by atoms with Gasteiger partial charge in [0.2, 0.25) is 5.88 Å². The number of rotatable bonds is 2. The van der Waals surface area contributed by atoms with Crippen molar-refractivity contribution in [1.82, 2.24) is 19.9 Å². The molecule has 2 N–H and O–H groups in total. The van der Waals surface area contributed by atoms with E-state index in [2.05, 4.69) is 19.9 Å². The first-order valence-electron chi connectivity index (χ1n) is 4.66. The van der Waals surface area contributed by atoms with Crippen LogP contribution in [0.25, 0.3) is 11.5 Å². The van der Waals surface area contributed by atoms with E-state index in [1.807, 2.05) is 6.92 Å². The Morgan fingerprint density at radius 1 is 1.19 bits per heavy atom. The normalized spacial score (nSPS) is 10.1. The van der Waals surface area contributed by atoms with E-state index in [1.165, 1.54) is 13.4 Å². The van der Waals surface area contributed by atoms with Crippen LogP contribution >= 0.6 is 0 Å². The summed E-state index contributed by atoms with van der Waals surface area (Å²) in [6, 6.07) is 3.36. The lowest BCUT2D eigenvalue weighted by atomic mass is 10.3. The second-order valence-electron chi connectivity index (χ2n) is 3.20. The molecule has 0 radical (unpaired) electrons. The van der Waals surface area contributed by atoms with E-state index in [9.17, 15) is 0 Å². The van der Waals surface area contributed by atoms with Crippen molar-refractivity contribution in [2.45, 2.75) is 6.92 Å².